The first kappa shape index (κ1) is 13.5. The maximum atomic E-state index is 9.89. The Hall–Kier alpha value is -0.910. The van der Waals surface area contributed by atoms with Gasteiger partial charge in [-0.3, -0.25) is 4.90 Å². The normalized spacial score (nSPS) is 30.0. The molecule has 1 aliphatic heterocycles. The summed E-state index contributed by atoms with van der Waals surface area (Å²) in [6.07, 6.45) is -0.141. The molecule has 1 aromatic heterocycles. The van der Waals surface area contributed by atoms with Crippen LogP contribution in [0.2, 0.25) is 0 Å². The van der Waals surface area contributed by atoms with Crippen LogP contribution in [0.4, 0.5) is 0 Å². The summed E-state index contributed by atoms with van der Waals surface area (Å²) in [5.41, 5.74) is -0.0179. The molecule has 102 valence electrons. The SMILES string of the molecule is CC(C)c1cc(CN2CC[C@](C)(O)[C@@H](O)C2)on1. The molecule has 2 N–H and O–H groups in total. The fraction of sp³-hybridized carbons (Fsp3) is 0.769. The van der Waals surface area contributed by atoms with Gasteiger partial charge in [-0.15, -0.1) is 0 Å². The highest BCUT2D eigenvalue weighted by Crippen LogP contribution is 2.23. The number of rotatable bonds is 3. The van der Waals surface area contributed by atoms with Crippen molar-refractivity contribution in [2.75, 3.05) is 13.1 Å². The second kappa shape index (κ2) is 4.99. The molecule has 1 aromatic rings. The van der Waals surface area contributed by atoms with Gasteiger partial charge in [0.25, 0.3) is 0 Å². The van der Waals surface area contributed by atoms with Gasteiger partial charge in [0.05, 0.1) is 23.9 Å². The van der Waals surface area contributed by atoms with Gasteiger partial charge in [0.2, 0.25) is 0 Å². The van der Waals surface area contributed by atoms with Crippen LogP contribution in [0.15, 0.2) is 10.6 Å². The number of aliphatic hydroxyl groups is 2. The average molecular weight is 254 g/mol. The van der Waals surface area contributed by atoms with Gasteiger partial charge in [-0.05, 0) is 19.3 Å². The van der Waals surface area contributed by atoms with Crippen LogP contribution in [0.5, 0.6) is 0 Å². The van der Waals surface area contributed by atoms with Gasteiger partial charge in [-0.2, -0.15) is 0 Å². The molecule has 0 spiro atoms. The van der Waals surface area contributed by atoms with Gasteiger partial charge in [0, 0.05) is 19.2 Å². The van der Waals surface area contributed by atoms with E-state index < -0.39 is 11.7 Å². The van der Waals surface area contributed by atoms with Gasteiger partial charge in [-0.25, -0.2) is 0 Å². The summed E-state index contributed by atoms with van der Waals surface area (Å²) in [4.78, 5) is 2.08. The smallest absolute Gasteiger partial charge is 0.150 e. The minimum absolute atomic E-state index is 0.357. The predicted molar refractivity (Wildman–Crippen MR) is 67.1 cm³/mol. The number of aliphatic hydroxyl groups excluding tert-OH is 1. The second-order valence-electron chi connectivity index (χ2n) is 5.73. The zero-order valence-electron chi connectivity index (χ0n) is 11.3. The summed E-state index contributed by atoms with van der Waals surface area (Å²) in [6.45, 7) is 7.67. The molecule has 1 fully saturated rings. The molecule has 5 heteroatoms. The quantitative estimate of drug-likeness (QED) is 0.845. The Morgan fingerprint density at radius 1 is 1.61 bits per heavy atom. The van der Waals surface area contributed by atoms with Crippen LogP contribution in [0.25, 0.3) is 0 Å². The maximum absolute atomic E-state index is 9.89. The van der Waals surface area contributed by atoms with E-state index in [2.05, 4.69) is 23.9 Å². The molecule has 0 aromatic carbocycles. The molecule has 5 nitrogen and oxygen atoms in total. The lowest BCUT2D eigenvalue weighted by molar-refractivity contribution is -0.109. The zero-order chi connectivity index (χ0) is 13.3. The van der Waals surface area contributed by atoms with E-state index >= 15 is 0 Å². The molecule has 0 saturated carbocycles. The number of likely N-dealkylation sites (tertiary alicyclic amines) is 1. The molecule has 18 heavy (non-hydrogen) atoms. The van der Waals surface area contributed by atoms with Crippen molar-refractivity contribution in [3.63, 3.8) is 0 Å². The molecular weight excluding hydrogens is 232 g/mol. The van der Waals surface area contributed by atoms with E-state index in [9.17, 15) is 10.2 Å². The van der Waals surface area contributed by atoms with Gasteiger partial charge in [-0.1, -0.05) is 19.0 Å². The fourth-order valence-electron chi connectivity index (χ4n) is 2.12. The Kier molecular flexibility index (Phi) is 3.75. The Bertz CT molecular complexity index is 401. The molecule has 0 aliphatic carbocycles. The third kappa shape index (κ3) is 2.91. The summed E-state index contributed by atoms with van der Waals surface area (Å²) in [5, 5.41) is 23.7. The minimum atomic E-state index is -0.971. The first-order valence-electron chi connectivity index (χ1n) is 6.47. The second-order valence-corrected chi connectivity index (χ2v) is 5.73. The van der Waals surface area contributed by atoms with E-state index in [1.54, 1.807) is 6.92 Å². The lowest BCUT2D eigenvalue weighted by Crippen LogP contribution is -2.53. The largest absolute Gasteiger partial charge is 0.389 e. The summed E-state index contributed by atoms with van der Waals surface area (Å²) < 4.78 is 5.28. The Morgan fingerprint density at radius 3 is 2.89 bits per heavy atom. The first-order valence-corrected chi connectivity index (χ1v) is 6.47. The summed E-state index contributed by atoms with van der Waals surface area (Å²) in [5.74, 6) is 1.17. The number of hydrogen-bond acceptors (Lipinski definition) is 5. The van der Waals surface area contributed by atoms with Crippen LogP contribution in [-0.2, 0) is 6.54 Å². The fourth-order valence-corrected chi connectivity index (χ4v) is 2.12. The number of hydrogen-bond donors (Lipinski definition) is 2. The van der Waals surface area contributed by atoms with Gasteiger partial charge in [0.15, 0.2) is 5.76 Å². The molecule has 0 radical (unpaired) electrons. The molecule has 1 aliphatic rings. The van der Waals surface area contributed by atoms with Crippen LogP contribution in [0.3, 0.4) is 0 Å². The minimum Gasteiger partial charge on any atom is -0.389 e. The third-order valence-corrected chi connectivity index (χ3v) is 3.63. The first-order chi connectivity index (χ1) is 8.38. The molecule has 1 saturated heterocycles. The van der Waals surface area contributed by atoms with E-state index in [0.29, 0.717) is 25.4 Å². The van der Waals surface area contributed by atoms with E-state index in [1.807, 2.05) is 6.07 Å². The van der Waals surface area contributed by atoms with Crippen molar-refractivity contribution in [1.82, 2.24) is 10.1 Å². The van der Waals surface area contributed by atoms with Crippen molar-refractivity contribution in [3.05, 3.63) is 17.5 Å². The van der Waals surface area contributed by atoms with Crippen LogP contribution in [-0.4, -0.2) is 45.1 Å². The lowest BCUT2D eigenvalue weighted by atomic mass is 9.91. The van der Waals surface area contributed by atoms with Crippen molar-refractivity contribution in [2.24, 2.45) is 0 Å². The van der Waals surface area contributed by atoms with Crippen molar-refractivity contribution >= 4 is 0 Å². The van der Waals surface area contributed by atoms with Crippen molar-refractivity contribution in [3.8, 4) is 0 Å². The van der Waals surface area contributed by atoms with E-state index in [-0.39, 0.29) is 0 Å². The topological polar surface area (TPSA) is 69.7 Å². The Balaban J connectivity index is 1.94. The van der Waals surface area contributed by atoms with Crippen molar-refractivity contribution in [2.45, 2.75) is 51.4 Å². The average Bonchev–Trinajstić information content (AvgIpc) is 2.73. The van der Waals surface area contributed by atoms with E-state index in [0.717, 1.165) is 18.0 Å². The summed E-state index contributed by atoms with van der Waals surface area (Å²) >= 11 is 0. The van der Waals surface area contributed by atoms with Crippen LogP contribution < -0.4 is 0 Å². The summed E-state index contributed by atoms with van der Waals surface area (Å²) in [7, 11) is 0. The third-order valence-electron chi connectivity index (χ3n) is 3.63. The van der Waals surface area contributed by atoms with Crippen LogP contribution in [0, 0.1) is 0 Å². The lowest BCUT2D eigenvalue weighted by Gasteiger charge is -2.39. The molecule has 2 atom stereocenters. The van der Waals surface area contributed by atoms with Gasteiger partial charge < -0.3 is 14.7 Å². The molecular formula is C13H22N2O3. The number of nitrogens with zero attached hydrogens (tertiary/aromatic N) is 2. The highest BCUT2D eigenvalue weighted by molar-refractivity contribution is 5.09. The van der Waals surface area contributed by atoms with Crippen LogP contribution >= 0.6 is 0 Å². The zero-order valence-corrected chi connectivity index (χ0v) is 11.3. The maximum Gasteiger partial charge on any atom is 0.150 e. The molecule has 2 heterocycles. The van der Waals surface area contributed by atoms with Crippen molar-refractivity contribution in [1.29, 1.82) is 0 Å². The molecule has 0 unspecified atom stereocenters. The number of aromatic nitrogens is 1. The number of β-amino-alcohol motifs (C(OH)–C–C–N with tert-alkyl or cyclic N) is 1. The highest BCUT2D eigenvalue weighted by atomic mass is 16.5. The Labute approximate surface area is 107 Å². The van der Waals surface area contributed by atoms with Crippen LogP contribution in [0.1, 0.15) is 44.6 Å². The van der Waals surface area contributed by atoms with E-state index in [1.165, 1.54) is 0 Å². The monoisotopic (exact) mass is 254 g/mol. The summed E-state index contributed by atoms with van der Waals surface area (Å²) in [6, 6.07) is 1.96. The molecule has 0 amide bonds. The Morgan fingerprint density at radius 2 is 2.33 bits per heavy atom. The molecule has 2 rings (SSSR count). The van der Waals surface area contributed by atoms with Crippen molar-refractivity contribution < 1.29 is 14.7 Å². The van der Waals surface area contributed by atoms with Gasteiger partial charge >= 0.3 is 0 Å². The predicted octanol–water partition coefficient (Wildman–Crippen LogP) is 1.12. The molecule has 0 bridgehead atoms. The van der Waals surface area contributed by atoms with Gasteiger partial charge in [0.1, 0.15) is 0 Å². The highest BCUT2D eigenvalue weighted by Gasteiger charge is 2.36. The standard InChI is InChI=1S/C13H22N2O3/c1-9(2)11-6-10(18-14-11)7-15-5-4-13(3,17)12(16)8-15/h6,9,12,16-17H,4-5,7-8H2,1-3H3/t12-,13-/m0/s1. The van der Waals surface area contributed by atoms with E-state index in [4.69, 9.17) is 4.52 Å². The number of piperidine rings is 1.